The molecule has 1 saturated heterocycles. The van der Waals surface area contributed by atoms with Crippen LogP contribution in [0, 0.1) is 11.3 Å². The summed E-state index contributed by atoms with van der Waals surface area (Å²) >= 11 is 0. The van der Waals surface area contributed by atoms with E-state index in [0.717, 1.165) is 24.8 Å². The number of allylic oxidation sites excluding steroid dienone is 2. The van der Waals surface area contributed by atoms with Crippen LogP contribution in [0.15, 0.2) is 22.7 Å². The molecule has 0 spiro atoms. The summed E-state index contributed by atoms with van der Waals surface area (Å²) in [5, 5.41) is 2.99. The Labute approximate surface area is 176 Å². The molecule has 3 aliphatic carbocycles. The molecule has 5 atom stereocenters. The average Bonchev–Trinajstić information content (AvgIpc) is 3.09. The molecule has 1 aromatic carbocycles. The molecule has 5 unspecified atom stereocenters. The highest BCUT2D eigenvalue weighted by Crippen LogP contribution is 2.61. The topological polar surface area (TPSA) is 89.5 Å². The Morgan fingerprint density at radius 3 is 2.63 bits per heavy atom. The van der Waals surface area contributed by atoms with E-state index in [0.29, 0.717) is 30.0 Å². The van der Waals surface area contributed by atoms with Crippen LogP contribution in [0.25, 0.3) is 0 Å². The van der Waals surface area contributed by atoms with Crippen LogP contribution in [0.2, 0.25) is 0 Å². The lowest BCUT2D eigenvalue weighted by Crippen LogP contribution is -2.54. The van der Waals surface area contributed by atoms with Gasteiger partial charge in [-0.1, -0.05) is 20.3 Å². The first kappa shape index (κ1) is 18.6. The van der Waals surface area contributed by atoms with Gasteiger partial charge in [0.15, 0.2) is 5.78 Å². The maximum Gasteiger partial charge on any atom is 0.210 e. The van der Waals surface area contributed by atoms with E-state index in [9.17, 15) is 18.6 Å². The molecule has 7 heteroatoms. The van der Waals surface area contributed by atoms with Gasteiger partial charge >= 0.3 is 0 Å². The number of fused-ring (bicyclic) bond motifs is 3. The van der Waals surface area contributed by atoms with Crippen LogP contribution in [0.1, 0.15) is 69.7 Å². The number of benzene rings is 1. The van der Waals surface area contributed by atoms with E-state index in [-0.39, 0.29) is 44.5 Å². The SMILES string of the molecule is CC12CCCC3(C)c4cc5c(cc4C(=O)C(OC1)C23)C(=O)C1=C(NCCS1=O)C5=O. The minimum Gasteiger partial charge on any atom is -0.380 e. The summed E-state index contributed by atoms with van der Waals surface area (Å²) in [5.74, 6) is -0.431. The van der Waals surface area contributed by atoms with Gasteiger partial charge in [0.25, 0.3) is 0 Å². The highest BCUT2D eigenvalue weighted by atomic mass is 32.2. The van der Waals surface area contributed by atoms with E-state index in [1.54, 1.807) is 12.1 Å². The van der Waals surface area contributed by atoms with E-state index >= 15 is 0 Å². The van der Waals surface area contributed by atoms with Gasteiger partial charge in [0.1, 0.15) is 16.7 Å². The van der Waals surface area contributed by atoms with Crippen molar-refractivity contribution < 1.29 is 23.3 Å². The molecule has 1 saturated carbocycles. The van der Waals surface area contributed by atoms with E-state index < -0.39 is 22.7 Å². The Kier molecular flexibility index (Phi) is 3.58. The highest BCUT2D eigenvalue weighted by molar-refractivity contribution is 7.90. The van der Waals surface area contributed by atoms with Crippen LogP contribution in [-0.2, 0) is 21.0 Å². The molecule has 1 N–H and O–H groups in total. The summed E-state index contributed by atoms with van der Waals surface area (Å²) in [6.07, 6.45) is 2.48. The zero-order valence-corrected chi connectivity index (χ0v) is 17.8. The number of carbonyl (C=O) groups excluding carboxylic acids is 3. The summed E-state index contributed by atoms with van der Waals surface area (Å²) in [6, 6.07) is 3.37. The second-order valence-corrected chi connectivity index (χ2v) is 11.3. The fourth-order valence-corrected chi connectivity index (χ4v) is 7.93. The third kappa shape index (κ3) is 2.07. The zero-order chi connectivity index (χ0) is 21.0. The molecule has 2 aliphatic heterocycles. The third-order valence-electron chi connectivity index (χ3n) is 8.04. The Balaban J connectivity index is 1.59. The monoisotopic (exact) mass is 425 g/mol. The number of hydrogen-bond acceptors (Lipinski definition) is 6. The van der Waals surface area contributed by atoms with Crippen LogP contribution in [0.5, 0.6) is 0 Å². The summed E-state index contributed by atoms with van der Waals surface area (Å²) in [5.41, 5.74) is 1.70. The maximum atomic E-state index is 13.4. The normalized spacial score (nSPS) is 39.1. The Hall–Kier alpha value is -2.12. The fraction of sp³-hybridized carbons (Fsp3) is 0.522. The van der Waals surface area contributed by atoms with Gasteiger partial charge in [0, 0.05) is 34.9 Å². The van der Waals surface area contributed by atoms with E-state index in [1.807, 2.05) is 0 Å². The average molecular weight is 426 g/mol. The number of ketones is 3. The van der Waals surface area contributed by atoms with Gasteiger partial charge in [0.05, 0.1) is 17.4 Å². The molecular weight excluding hydrogens is 402 g/mol. The van der Waals surface area contributed by atoms with Crippen LogP contribution in [0.4, 0.5) is 0 Å². The van der Waals surface area contributed by atoms with Crippen molar-refractivity contribution >= 4 is 28.1 Å². The van der Waals surface area contributed by atoms with Crippen molar-refractivity contribution in [3.05, 3.63) is 45.0 Å². The maximum absolute atomic E-state index is 13.4. The van der Waals surface area contributed by atoms with Crippen LogP contribution in [-0.4, -0.2) is 46.6 Å². The van der Waals surface area contributed by atoms with Crippen molar-refractivity contribution in [3.8, 4) is 0 Å². The predicted molar refractivity (Wildman–Crippen MR) is 110 cm³/mol. The largest absolute Gasteiger partial charge is 0.380 e. The van der Waals surface area contributed by atoms with Gasteiger partial charge in [0.2, 0.25) is 11.6 Å². The van der Waals surface area contributed by atoms with Gasteiger partial charge < -0.3 is 10.1 Å². The van der Waals surface area contributed by atoms with Crippen molar-refractivity contribution in [2.75, 3.05) is 18.9 Å². The van der Waals surface area contributed by atoms with Crippen molar-refractivity contribution in [3.63, 3.8) is 0 Å². The molecule has 156 valence electrons. The lowest BCUT2D eigenvalue weighted by atomic mass is 9.50. The van der Waals surface area contributed by atoms with Gasteiger partial charge in [-0.15, -0.1) is 0 Å². The van der Waals surface area contributed by atoms with Gasteiger partial charge in [-0.05, 0) is 41.4 Å². The molecule has 0 amide bonds. The molecule has 5 aliphatic rings. The molecule has 0 aromatic heterocycles. The molecule has 1 aromatic rings. The first-order valence-electron chi connectivity index (χ1n) is 10.6. The molecule has 6 nitrogen and oxygen atoms in total. The quantitative estimate of drug-likeness (QED) is 0.686. The second-order valence-electron chi connectivity index (χ2n) is 9.78. The van der Waals surface area contributed by atoms with Crippen molar-refractivity contribution in [1.29, 1.82) is 0 Å². The van der Waals surface area contributed by atoms with Crippen molar-refractivity contribution in [2.45, 2.75) is 44.6 Å². The number of carbonyl (C=O) groups is 3. The molecule has 0 radical (unpaired) electrons. The molecule has 2 fully saturated rings. The molecule has 2 heterocycles. The summed E-state index contributed by atoms with van der Waals surface area (Å²) < 4.78 is 18.5. The Bertz CT molecular complexity index is 1140. The van der Waals surface area contributed by atoms with Crippen LogP contribution < -0.4 is 5.32 Å². The van der Waals surface area contributed by atoms with E-state index in [1.165, 1.54) is 0 Å². The number of Topliss-reactive ketones (excluding diaryl/α,β-unsaturated/α-hetero) is 3. The van der Waals surface area contributed by atoms with Crippen molar-refractivity contribution in [2.24, 2.45) is 11.3 Å². The van der Waals surface area contributed by atoms with Crippen LogP contribution in [0.3, 0.4) is 0 Å². The Morgan fingerprint density at radius 2 is 1.83 bits per heavy atom. The minimum atomic E-state index is -1.51. The molecule has 0 bridgehead atoms. The minimum absolute atomic E-state index is 0.0494. The lowest BCUT2D eigenvalue weighted by Gasteiger charge is -2.52. The van der Waals surface area contributed by atoms with Crippen molar-refractivity contribution in [1.82, 2.24) is 5.32 Å². The predicted octanol–water partition coefficient (Wildman–Crippen LogP) is 2.29. The summed E-state index contributed by atoms with van der Waals surface area (Å²) in [6.45, 7) is 5.36. The molecular formula is C23H23NO5S. The summed E-state index contributed by atoms with van der Waals surface area (Å²) in [4.78, 5) is 39.9. The van der Waals surface area contributed by atoms with Gasteiger partial charge in [-0.3, -0.25) is 18.6 Å². The number of nitrogens with one attached hydrogen (secondary N) is 1. The standard InChI is InChI=1S/C23H23NO5S/c1-22-4-3-5-23(2)14-9-12-11(8-13(14)17(26)19(21(22)23)29-10-22)18(27)20-15(16(12)25)24-6-7-30(20)28/h8-9,19,21,24H,3-7,10H2,1-2H3. The smallest absolute Gasteiger partial charge is 0.210 e. The number of hydrogen-bond donors (Lipinski definition) is 1. The zero-order valence-electron chi connectivity index (χ0n) is 17.0. The second kappa shape index (κ2) is 5.77. The summed E-state index contributed by atoms with van der Waals surface area (Å²) in [7, 11) is -1.51. The van der Waals surface area contributed by atoms with Crippen LogP contribution >= 0.6 is 0 Å². The lowest BCUT2D eigenvalue weighted by molar-refractivity contribution is 0.0317. The first-order chi connectivity index (χ1) is 14.3. The molecule has 6 rings (SSSR count). The van der Waals surface area contributed by atoms with Gasteiger partial charge in [-0.2, -0.15) is 0 Å². The molecule has 30 heavy (non-hydrogen) atoms. The Morgan fingerprint density at radius 1 is 1.07 bits per heavy atom. The first-order valence-corrected chi connectivity index (χ1v) is 11.9. The number of ether oxygens (including phenoxy) is 1. The third-order valence-corrected chi connectivity index (χ3v) is 9.46. The van der Waals surface area contributed by atoms with E-state index in [2.05, 4.69) is 19.2 Å². The van der Waals surface area contributed by atoms with Gasteiger partial charge in [-0.25, -0.2) is 0 Å². The van der Waals surface area contributed by atoms with E-state index in [4.69, 9.17) is 4.74 Å². The highest BCUT2D eigenvalue weighted by Gasteiger charge is 2.62. The number of rotatable bonds is 0. The fourth-order valence-electron chi connectivity index (χ4n) is 6.73.